The predicted molar refractivity (Wildman–Crippen MR) is 103 cm³/mol. The second-order valence-corrected chi connectivity index (χ2v) is 11.7. The number of carbonyl (C=O) groups excluding carboxylic acids is 2. The molecule has 0 aromatic heterocycles. The van der Waals surface area contributed by atoms with Crippen molar-refractivity contribution >= 4 is 63.1 Å². The predicted octanol–water partition coefficient (Wildman–Crippen LogP) is -2.22. The van der Waals surface area contributed by atoms with E-state index in [1.807, 2.05) is 0 Å². The van der Waals surface area contributed by atoms with Crippen LogP contribution in [0, 0.1) is 0 Å². The summed E-state index contributed by atoms with van der Waals surface area (Å²) in [4.78, 5) is 24.9. The number of aliphatic carboxylic acids is 1. The van der Waals surface area contributed by atoms with Crippen LogP contribution in [0.2, 0.25) is 5.02 Å². The number of sulfonamides is 1. The molecule has 1 amide bonds. The van der Waals surface area contributed by atoms with Gasteiger partial charge in [0.05, 0.1) is 29.0 Å². The molecule has 2 fully saturated rings. The average molecular weight is 472 g/mol. The number of thioether (sulfide) groups is 1. The van der Waals surface area contributed by atoms with Gasteiger partial charge in [0.15, 0.2) is 0 Å². The molecule has 2 aliphatic rings. The van der Waals surface area contributed by atoms with E-state index in [9.17, 15) is 23.1 Å². The maximum atomic E-state index is 12.5. The van der Waals surface area contributed by atoms with Crippen LogP contribution in [0.25, 0.3) is 0 Å². The van der Waals surface area contributed by atoms with Crippen LogP contribution in [-0.2, 0) is 19.6 Å². The Labute approximate surface area is 198 Å². The number of carboxylic acid groups (broad SMARTS) is 1. The Kier molecular flexibility index (Phi) is 7.25. The third-order valence-electron chi connectivity index (χ3n) is 4.22. The number of nitrogens with zero attached hydrogens (tertiary/aromatic N) is 3. The fourth-order valence-electron chi connectivity index (χ4n) is 2.84. The van der Waals surface area contributed by atoms with Gasteiger partial charge in [0.25, 0.3) is 15.9 Å². The van der Waals surface area contributed by atoms with Crippen LogP contribution in [-0.4, -0.2) is 57.8 Å². The van der Waals surface area contributed by atoms with Gasteiger partial charge in [0.1, 0.15) is 11.1 Å². The Hall–Kier alpha value is -0.270. The standard InChI is InChI=1S/C15H16ClN3O5S3.Na/c1-15(2)11(14(21)22)19-12(20)10(13(19)25-15)17-26-18(3)27(23,24)9-6-4-8(16)5-7-9;/h4-7,11,13H,1-3H3,(H,21,22);/q;+1/p-1/b17-10+;/t11-,13+;/m0./s1. The van der Waals surface area contributed by atoms with Crippen LogP contribution < -0.4 is 34.7 Å². The molecule has 0 radical (unpaired) electrons. The molecule has 8 nitrogen and oxygen atoms in total. The summed E-state index contributed by atoms with van der Waals surface area (Å²) in [5.41, 5.74) is 0.125. The van der Waals surface area contributed by atoms with E-state index in [4.69, 9.17) is 11.6 Å². The normalized spacial score (nSPS) is 24.7. The van der Waals surface area contributed by atoms with E-state index in [0.717, 1.165) is 3.71 Å². The van der Waals surface area contributed by atoms with Gasteiger partial charge < -0.3 is 14.8 Å². The summed E-state index contributed by atoms with van der Waals surface area (Å²) in [6.07, 6.45) is 0. The molecule has 0 saturated carbocycles. The molecule has 1 aromatic rings. The largest absolute Gasteiger partial charge is 1.00 e. The molecule has 0 N–H and O–H groups in total. The average Bonchev–Trinajstić information content (AvgIpc) is 2.83. The van der Waals surface area contributed by atoms with Gasteiger partial charge in [0, 0.05) is 16.8 Å². The Balaban J connectivity index is 0.00000280. The molecule has 2 atom stereocenters. The van der Waals surface area contributed by atoms with Crippen molar-refractivity contribution in [2.75, 3.05) is 7.05 Å². The zero-order valence-corrected chi connectivity index (χ0v) is 20.7. The van der Waals surface area contributed by atoms with Crippen LogP contribution >= 0.6 is 35.5 Å². The first-order valence-electron chi connectivity index (χ1n) is 7.67. The fraction of sp³-hybridized carbons (Fsp3) is 0.400. The maximum absolute atomic E-state index is 12.5. The molecule has 0 aliphatic carbocycles. The van der Waals surface area contributed by atoms with Crippen LogP contribution in [0.1, 0.15) is 13.8 Å². The van der Waals surface area contributed by atoms with E-state index < -0.39 is 38.1 Å². The van der Waals surface area contributed by atoms with Crippen molar-refractivity contribution in [3.05, 3.63) is 29.3 Å². The number of halogens is 1. The number of hydrogen-bond acceptors (Lipinski definition) is 8. The number of rotatable bonds is 5. The van der Waals surface area contributed by atoms with Crippen molar-refractivity contribution in [3.63, 3.8) is 0 Å². The second-order valence-electron chi connectivity index (χ2n) is 6.43. The van der Waals surface area contributed by atoms with E-state index in [1.54, 1.807) is 13.8 Å². The van der Waals surface area contributed by atoms with E-state index >= 15 is 0 Å². The molecule has 2 saturated heterocycles. The smallest absolute Gasteiger partial charge is 0.548 e. The molecule has 146 valence electrons. The fourth-order valence-corrected chi connectivity index (χ4v) is 6.41. The van der Waals surface area contributed by atoms with Gasteiger partial charge in [0.2, 0.25) is 0 Å². The summed E-state index contributed by atoms with van der Waals surface area (Å²) < 4.78 is 29.3. The van der Waals surface area contributed by atoms with Gasteiger partial charge in [-0.3, -0.25) is 4.79 Å². The molecule has 0 unspecified atom stereocenters. The summed E-state index contributed by atoms with van der Waals surface area (Å²) >= 11 is 7.65. The zero-order chi connectivity index (χ0) is 20.1. The van der Waals surface area contributed by atoms with Gasteiger partial charge in [-0.15, -0.1) is 15.5 Å². The van der Waals surface area contributed by atoms with Crippen molar-refractivity contribution in [2.24, 2.45) is 4.40 Å². The number of fused-ring (bicyclic) bond motifs is 1. The SMILES string of the molecule is CN(S/N=C1\C(=O)N2[C@@H]1SC(C)(C)[C@@H]2C(=O)[O-])S(=O)(=O)c1ccc(Cl)cc1.[Na+]. The quantitative estimate of drug-likeness (QED) is 0.272. The van der Waals surface area contributed by atoms with Crippen LogP contribution in [0.4, 0.5) is 0 Å². The third-order valence-corrected chi connectivity index (χ3v) is 8.82. The van der Waals surface area contributed by atoms with Crippen molar-refractivity contribution in [1.82, 2.24) is 8.61 Å². The van der Waals surface area contributed by atoms with Gasteiger partial charge in [-0.2, -0.15) is 4.40 Å². The summed E-state index contributed by atoms with van der Waals surface area (Å²) in [6.45, 7) is 3.43. The minimum absolute atomic E-state index is 0. The Morgan fingerprint density at radius 2 is 1.93 bits per heavy atom. The first-order chi connectivity index (χ1) is 12.5. The summed E-state index contributed by atoms with van der Waals surface area (Å²) in [6, 6.07) is 4.61. The molecule has 0 bridgehead atoms. The van der Waals surface area contributed by atoms with Gasteiger partial charge in [-0.1, -0.05) is 11.6 Å². The first-order valence-corrected chi connectivity index (χ1v) is 11.1. The van der Waals surface area contributed by atoms with Crippen LogP contribution in [0.3, 0.4) is 0 Å². The molecule has 13 heteroatoms. The monoisotopic (exact) mass is 471 g/mol. The van der Waals surface area contributed by atoms with Crippen LogP contribution in [0.15, 0.2) is 33.6 Å². The van der Waals surface area contributed by atoms with Gasteiger partial charge in [-0.05, 0) is 38.1 Å². The molecule has 0 spiro atoms. The van der Waals surface area contributed by atoms with E-state index in [1.165, 1.54) is 48.0 Å². The number of benzene rings is 1. The Bertz CT molecular complexity index is 939. The summed E-state index contributed by atoms with van der Waals surface area (Å²) in [5.74, 6) is -1.85. The second kappa shape index (κ2) is 8.46. The van der Waals surface area contributed by atoms with Crippen molar-refractivity contribution in [1.29, 1.82) is 0 Å². The molecular formula is C15H15ClN3NaO5S3. The number of hydrogen-bond donors (Lipinski definition) is 0. The molecule has 2 aliphatic heterocycles. The van der Waals surface area contributed by atoms with Gasteiger partial charge in [-0.25, -0.2) is 8.42 Å². The minimum atomic E-state index is -3.83. The maximum Gasteiger partial charge on any atom is 1.00 e. The van der Waals surface area contributed by atoms with E-state index in [-0.39, 0.29) is 40.2 Å². The summed E-state index contributed by atoms with van der Waals surface area (Å²) in [7, 11) is -2.51. The van der Waals surface area contributed by atoms with Crippen LogP contribution in [0.5, 0.6) is 0 Å². The third kappa shape index (κ3) is 4.13. The molecule has 3 rings (SSSR count). The number of carbonyl (C=O) groups is 2. The molecule has 28 heavy (non-hydrogen) atoms. The Morgan fingerprint density at radius 3 is 2.46 bits per heavy atom. The Morgan fingerprint density at radius 1 is 1.36 bits per heavy atom. The zero-order valence-electron chi connectivity index (χ0n) is 15.4. The topological polar surface area (TPSA) is 110 Å². The molecule has 2 heterocycles. The number of carboxylic acids is 1. The summed E-state index contributed by atoms with van der Waals surface area (Å²) in [5, 5.41) is 11.3. The molecular weight excluding hydrogens is 457 g/mol. The molecule has 1 aromatic carbocycles. The first kappa shape index (κ1) is 24.0. The van der Waals surface area contributed by atoms with Crippen molar-refractivity contribution in [2.45, 2.75) is 34.9 Å². The number of amides is 1. The van der Waals surface area contributed by atoms with Gasteiger partial charge >= 0.3 is 29.6 Å². The van der Waals surface area contributed by atoms with E-state index in [2.05, 4.69) is 4.40 Å². The van der Waals surface area contributed by atoms with Crippen molar-refractivity contribution in [3.8, 4) is 0 Å². The number of β-lactam (4-membered cyclic amide) rings is 1. The van der Waals surface area contributed by atoms with E-state index in [0.29, 0.717) is 17.2 Å². The van der Waals surface area contributed by atoms with Crippen molar-refractivity contribution < 1.29 is 52.7 Å². The minimum Gasteiger partial charge on any atom is -0.548 e.